The molecule has 0 saturated carbocycles. The summed E-state index contributed by atoms with van der Waals surface area (Å²) in [6.45, 7) is 3.77. The lowest BCUT2D eigenvalue weighted by Crippen LogP contribution is -2.04. The van der Waals surface area contributed by atoms with Gasteiger partial charge in [-0.15, -0.1) is 0 Å². The van der Waals surface area contributed by atoms with E-state index in [4.69, 9.17) is 0 Å². The van der Waals surface area contributed by atoms with Gasteiger partial charge < -0.3 is 0 Å². The summed E-state index contributed by atoms with van der Waals surface area (Å²) in [5.74, 6) is 4.65. The van der Waals surface area contributed by atoms with E-state index in [1.807, 2.05) is 26.0 Å². The van der Waals surface area contributed by atoms with Crippen LogP contribution in [0.15, 0.2) is 18.2 Å². The summed E-state index contributed by atoms with van der Waals surface area (Å²) in [5, 5.41) is 0. The molecule has 80 valence electrons. The van der Waals surface area contributed by atoms with Crippen molar-refractivity contribution in [3.63, 3.8) is 0 Å². The molecule has 0 aliphatic heterocycles. The molecule has 0 saturated heterocycles. The number of aryl methyl sites for hydroxylation is 2. The molecule has 0 aliphatic rings. The van der Waals surface area contributed by atoms with Crippen LogP contribution < -0.4 is 0 Å². The van der Waals surface area contributed by atoms with Crippen LogP contribution in [0.3, 0.4) is 0 Å². The molecule has 1 rings (SSSR count). The summed E-state index contributed by atoms with van der Waals surface area (Å²) in [4.78, 5) is 0. The van der Waals surface area contributed by atoms with E-state index in [-0.39, 0.29) is 0 Å². The SMILES string of the molecule is Cc1ccc(C#CCC(F)(F)F)c(C)c1. The van der Waals surface area contributed by atoms with Gasteiger partial charge >= 0.3 is 6.18 Å². The molecule has 0 radical (unpaired) electrons. The lowest BCUT2D eigenvalue weighted by molar-refractivity contribution is -0.123. The first-order valence-electron chi connectivity index (χ1n) is 4.51. The van der Waals surface area contributed by atoms with Crippen molar-refractivity contribution in [2.24, 2.45) is 0 Å². The van der Waals surface area contributed by atoms with Gasteiger partial charge in [-0.2, -0.15) is 13.2 Å². The van der Waals surface area contributed by atoms with Crippen LogP contribution in [-0.2, 0) is 0 Å². The highest BCUT2D eigenvalue weighted by Crippen LogP contribution is 2.18. The van der Waals surface area contributed by atoms with E-state index in [9.17, 15) is 13.2 Å². The zero-order valence-electron chi connectivity index (χ0n) is 8.57. The highest BCUT2D eigenvalue weighted by atomic mass is 19.4. The third-order valence-corrected chi connectivity index (χ3v) is 1.89. The van der Waals surface area contributed by atoms with Crippen LogP contribution in [0.2, 0.25) is 0 Å². The molecular weight excluding hydrogens is 201 g/mol. The van der Waals surface area contributed by atoms with E-state index in [2.05, 4.69) is 11.8 Å². The van der Waals surface area contributed by atoms with Crippen molar-refractivity contribution in [3.05, 3.63) is 34.9 Å². The molecule has 0 aliphatic carbocycles. The van der Waals surface area contributed by atoms with Crippen molar-refractivity contribution in [1.29, 1.82) is 0 Å². The van der Waals surface area contributed by atoms with Crippen molar-refractivity contribution in [1.82, 2.24) is 0 Å². The minimum absolute atomic E-state index is 0.657. The fraction of sp³-hybridized carbons (Fsp3) is 0.333. The van der Waals surface area contributed by atoms with Crippen molar-refractivity contribution in [2.45, 2.75) is 26.4 Å². The van der Waals surface area contributed by atoms with Crippen LogP contribution in [0, 0.1) is 25.7 Å². The van der Waals surface area contributed by atoms with Crippen LogP contribution in [0.1, 0.15) is 23.1 Å². The predicted molar refractivity (Wildman–Crippen MR) is 53.5 cm³/mol. The highest BCUT2D eigenvalue weighted by molar-refractivity contribution is 5.42. The van der Waals surface area contributed by atoms with Gasteiger partial charge in [0.2, 0.25) is 0 Å². The van der Waals surface area contributed by atoms with E-state index in [1.165, 1.54) is 0 Å². The van der Waals surface area contributed by atoms with Crippen molar-refractivity contribution in [2.75, 3.05) is 0 Å². The van der Waals surface area contributed by atoms with Gasteiger partial charge in [0.1, 0.15) is 6.42 Å². The van der Waals surface area contributed by atoms with E-state index < -0.39 is 12.6 Å². The van der Waals surface area contributed by atoms with Crippen molar-refractivity contribution < 1.29 is 13.2 Å². The molecule has 0 atom stereocenters. The number of hydrogen-bond acceptors (Lipinski definition) is 0. The molecule has 1 aromatic rings. The monoisotopic (exact) mass is 212 g/mol. The Morgan fingerprint density at radius 3 is 2.40 bits per heavy atom. The largest absolute Gasteiger partial charge is 0.399 e. The van der Waals surface area contributed by atoms with Crippen LogP contribution >= 0.6 is 0 Å². The zero-order valence-corrected chi connectivity index (χ0v) is 8.57. The summed E-state index contributed by atoms with van der Waals surface area (Å²) in [6.07, 6.45) is -5.26. The Balaban J connectivity index is 2.81. The average molecular weight is 212 g/mol. The normalized spacial score (nSPS) is 10.7. The van der Waals surface area contributed by atoms with Gasteiger partial charge in [0.15, 0.2) is 0 Å². The second-order valence-electron chi connectivity index (χ2n) is 3.41. The molecule has 0 spiro atoms. The summed E-state index contributed by atoms with van der Waals surface area (Å²) in [7, 11) is 0. The average Bonchev–Trinajstić information content (AvgIpc) is 2.07. The lowest BCUT2D eigenvalue weighted by atomic mass is 10.1. The first kappa shape index (κ1) is 11.6. The van der Waals surface area contributed by atoms with E-state index in [0.717, 1.165) is 11.1 Å². The van der Waals surface area contributed by atoms with Gasteiger partial charge in [0, 0.05) is 5.56 Å². The molecule has 0 nitrogen and oxygen atoms in total. The van der Waals surface area contributed by atoms with Crippen LogP contribution in [0.5, 0.6) is 0 Å². The molecule has 0 heterocycles. The first-order chi connectivity index (χ1) is 6.88. The fourth-order valence-electron chi connectivity index (χ4n) is 1.19. The maximum atomic E-state index is 11.8. The van der Waals surface area contributed by atoms with Gasteiger partial charge in [0.25, 0.3) is 0 Å². The molecule has 0 N–H and O–H groups in total. The molecule has 0 fully saturated rings. The van der Waals surface area contributed by atoms with E-state index in [1.54, 1.807) is 6.07 Å². The second kappa shape index (κ2) is 4.39. The van der Waals surface area contributed by atoms with Gasteiger partial charge in [-0.25, -0.2) is 0 Å². The Bertz CT molecular complexity index is 405. The first-order valence-corrected chi connectivity index (χ1v) is 4.51. The van der Waals surface area contributed by atoms with Crippen molar-refractivity contribution >= 4 is 0 Å². The summed E-state index contributed by atoms with van der Waals surface area (Å²) in [6, 6.07) is 5.48. The maximum Gasteiger partial charge on any atom is 0.399 e. The van der Waals surface area contributed by atoms with Crippen LogP contribution in [0.4, 0.5) is 13.2 Å². The van der Waals surface area contributed by atoms with Gasteiger partial charge in [-0.3, -0.25) is 0 Å². The molecule has 3 heteroatoms. The van der Waals surface area contributed by atoms with E-state index in [0.29, 0.717) is 5.56 Å². The minimum atomic E-state index is -4.20. The predicted octanol–water partition coefficient (Wildman–Crippen LogP) is 3.61. The standard InChI is InChI=1S/C12H11F3/c1-9-5-6-11(10(2)8-9)4-3-7-12(13,14)15/h5-6,8H,7H2,1-2H3. The molecule has 0 amide bonds. The summed E-state index contributed by atoms with van der Waals surface area (Å²) in [5.41, 5.74) is 2.64. The topological polar surface area (TPSA) is 0 Å². The summed E-state index contributed by atoms with van der Waals surface area (Å²) >= 11 is 0. The van der Waals surface area contributed by atoms with Crippen LogP contribution in [0.25, 0.3) is 0 Å². The third-order valence-electron chi connectivity index (χ3n) is 1.89. The smallest absolute Gasteiger partial charge is 0.170 e. The number of rotatable bonds is 0. The van der Waals surface area contributed by atoms with Crippen molar-refractivity contribution in [3.8, 4) is 11.8 Å². The second-order valence-corrected chi connectivity index (χ2v) is 3.41. The number of alkyl halides is 3. The number of halogens is 3. The summed E-state index contributed by atoms with van der Waals surface area (Å²) < 4.78 is 35.5. The zero-order chi connectivity index (χ0) is 11.5. The van der Waals surface area contributed by atoms with Gasteiger partial charge in [0.05, 0.1) is 0 Å². The Morgan fingerprint density at radius 1 is 1.20 bits per heavy atom. The molecule has 0 unspecified atom stereocenters. The van der Waals surface area contributed by atoms with Crippen LogP contribution in [-0.4, -0.2) is 6.18 Å². The minimum Gasteiger partial charge on any atom is -0.170 e. The van der Waals surface area contributed by atoms with E-state index >= 15 is 0 Å². The third kappa shape index (κ3) is 4.07. The Kier molecular flexibility index (Phi) is 3.41. The molecule has 1 aromatic carbocycles. The fourth-order valence-corrected chi connectivity index (χ4v) is 1.19. The number of benzene rings is 1. The maximum absolute atomic E-state index is 11.8. The Labute approximate surface area is 87.1 Å². The molecule has 0 bridgehead atoms. The van der Waals surface area contributed by atoms with Gasteiger partial charge in [-0.1, -0.05) is 29.5 Å². The quantitative estimate of drug-likeness (QED) is 0.576. The highest BCUT2D eigenvalue weighted by Gasteiger charge is 2.25. The number of hydrogen-bond donors (Lipinski definition) is 0. The lowest BCUT2D eigenvalue weighted by Gasteiger charge is -2.00. The molecule has 15 heavy (non-hydrogen) atoms. The Morgan fingerprint density at radius 2 is 1.87 bits per heavy atom. The van der Waals surface area contributed by atoms with Gasteiger partial charge in [-0.05, 0) is 25.5 Å². The Hall–Kier alpha value is -1.43. The molecular formula is C12H11F3. The molecule has 0 aromatic heterocycles.